The lowest BCUT2D eigenvalue weighted by Gasteiger charge is -2.16. The summed E-state index contributed by atoms with van der Waals surface area (Å²) in [7, 11) is 0. The Balaban J connectivity index is 1.83. The summed E-state index contributed by atoms with van der Waals surface area (Å²) in [5.41, 5.74) is 1.02. The van der Waals surface area contributed by atoms with Gasteiger partial charge in [-0.25, -0.2) is 0 Å². The van der Waals surface area contributed by atoms with Crippen LogP contribution in [0.3, 0.4) is 0 Å². The summed E-state index contributed by atoms with van der Waals surface area (Å²) in [5, 5.41) is 3.28. The van der Waals surface area contributed by atoms with E-state index in [0.717, 1.165) is 12.1 Å². The van der Waals surface area contributed by atoms with E-state index in [1.807, 2.05) is 0 Å². The molecule has 78 valence electrons. The van der Waals surface area contributed by atoms with Crippen molar-refractivity contribution >= 4 is 5.78 Å². The minimum Gasteiger partial charge on any atom is -0.381 e. The molecule has 0 unspecified atom stereocenters. The molecular formula is C10H15NO3. The number of carbonyl (C=O) groups is 1. The highest BCUT2D eigenvalue weighted by molar-refractivity contribution is 5.92. The van der Waals surface area contributed by atoms with E-state index in [1.165, 1.54) is 0 Å². The molecule has 0 amide bonds. The topological polar surface area (TPSA) is 47.6 Å². The van der Waals surface area contributed by atoms with Crippen molar-refractivity contribution in [2.45, 2.75) is 18.9 Å². The van der Waals surface area contributed by atoms with Crippen LogP contribution >= 0.6 is 0 Å². The SMILES string of the molecule is O=C1C=C(NC2COCCOC2)CC1. The largest absolute Gasteiger partial charge is 0.381 e. The molecule has 1 saturated heterocycles. The molecule has 0 aromatic heterocycles. The van der Waals surface area contributed by atoms with Gasteiger partial charge in [-0.05, 0) is 6.42 Å². The second-order valence-corrected chi connectivity index (χ2v) is 3.63. The molecule has 2 aliphatic rings. The number of ether oxygens (including phenoxy) is 2. The highest BCUT2D eigenvalue weighted by Crippen LogP contribution is 2.13. The molecular weight excluding hydrogens is 182 g/mol. The second kappa shape index (κ2) is 4.57. The van der Waals surface area contributed by atoms with Crippen LogP contribution in [0.15, 0.2) is 11.8 Å². The first kappa shape index (κ1) is 9.68. The summed E-state index contributed by atoms with van der Waals surface area (Å²) in [6, 6.07) is 0.189. The van der Waals surface area contributed by atoms with Gasteiger partial charge in [0.05, 0.1) is 32.5 Å². The molecule has 0 atom stereocenters. The zero-order valence-corrected chi connectivity index (χ0v) is 8.12. The molecule has 0 aromatic carbocycles. The van der Waals surface area contributed by atoms with Crippen LogP contribution < -0.4 is 5.32 Å². The van der Waals surface area contributed by atoms with Crippen molar-refractivity contribution in [3.63, 3.8) is 0 Å². The Morgan fingerprint density at radius 2 is 1.93 bits per heavy atom. The number of allylic oxidation sites excluding steroid dienone is 2. The Kier molecular flexibility index (Phi) is 3.16. The highest BCUT2D eigenvalue weighted by Gasteiger charge is 2.17. The fraction of sp³-hybridized carbons (Fsp3) is 0.700. The van der Waals surface area contributed by atoms with E-state index >= 15 is 0 Å². The van der Waals surface area contributed by atoms with Crippen molar-refractivity contribution in [3.8, 4) is 0 Å². The maximum atomic E-state index is 11.0. The van der Waals surface area contributed by atoms with E-state index in [2.05, 4.69) is 5.32 Å². The maximum absolute atomic E-state index is 11.0. The fourth-order valence-corrected chi connectivity index (χ4v) is 1.67. The first-order chi connectivity index (χ1) is 6.84. The minimum absolute atomic E-state index is 0.189. The quantitative estimate of drug-likeness (QED) is 0.688. The third-order valence-electron chi connectivity index (χ3n) is 2.38. The number of hydrogen-bond donors (Lipinski definition) is 1. The van der Waals surface area contributed by atoms with Crippen molar-refractivity contribution in [2.75, 3.05) is 26.4 Å². The molecule has 0 spiro atoms. The van der Waals surface area contributed by atoms with Gasteiger partial charge in [-0.2, -0.15) is 0 Å². The van der Waals surface area contributed by atoms with Crippen LogP contribution in [0.2, 0.25) is 0 Å². The Hall–Kier alpha value is -0.870. The minimum atomic E-state index is 0.189. The zero-order valence-electron chi connectivity index (χ0n) is 8.12. The molecule has 0 saturated carbocycles. The number of nitrogens with one attached hydrogen (secondary N) is 1. The molecule has 4 heteroatoms. The normalized spacial score (nSPS) is 24.6. The van der Waals surface area contributed by atoms with E-state index in [4.69, 9.17) is 9.47 Å². The zero-order chi connectivity index (χ0) is 9.80. The standard InChI is InChI=1S/C10H15NO3/c12-10-2-1-8(5-10)11-9-6-13-3-4-14-7-9/h5,9,11H,1-4,6-7H2. The average molecular weight is 197 g/mol. The van der Waals surface area contributed by atoms with Gasteiger partial charge in [0.1, 0.15) is 0 Å². The van der Waals surface area contributed by atoms with Crippen molar-refractivity contribution in [1.29, 1.82) is 0 Å². The molecule has 14 heavy (non-hydrogen) atoms. The number of hydrogen-bond acceptors (Lipinski definition) is 4. The number of carbonyl (C=O) groups excluding carboxylic acids is 1. The van der Waals surface area contributed by atoms with Gasteiger partial charge < -0.3 is 14.8 Å². The first-order valence-electron chi connectivity index (χ1n) is 5.00. The van der Waals surface area contributed by atoms with E-state index in [9.17, 15) is 4.79 Å². The van der Waals surface area contributed by atoms with E-state index in [-0.39, 0.29) is 11.8 Å². The van der Waals surface area contributed by atoms with Crippen LogP contribution in [0.4, 0.5) is 0 Å². The second-order valence-electron chi connectivity index (χ2n) is 3.63. The Morgan fingerprint density at radius 3 is 2.50 bits per heavy atom. The molecule has 0 aromatic rings. The van der Waals surface area contributed by atoms with Crippen molar-refractivity contribution in [2.24, 2.45) is 0 Å². The van der Waals surface area contributed by atoms with E-state index in [0.29, 0.717) is 32.8 Å². The van der Waals surface area contributed by atoms with Gasteiger partial charge in [0.2, 0.25) is 0 Å². The van der Waals surface area contributed by atoms with Gasteiger partial charge in [0.25, 0.3) is 0 Å². The van der Waals surface area contributed by atoms with Crippen LogP contribution in [0.5, 0.6) is 0 Å². The van der Waals surface area contributed by atoms with Crippen LogP contribution in [0, 0.1) is 0 Å². The fourth-order valence-electron chi connectivity index (χ4n) is 1.67. The van der Waals surface area contributed by atoms with Crippen LogP contribution in [-0.4, -0.2) is 38.3 Å². The average Bonchev–Trinajstić information content (AvgIpc) is 2.43. The molecule has 0 bridgehead atoms. The molecule has 1 heterocycles. The summed E-state index contributed by atoms with van der Waals surface area (Å²) in [5.74, 6) is 0.211. The lowest BCUT2D eigenvalue weighted by atomic mass is 10.3. The predicted molar refractivity (Wildman–Crippen MR) is 50.9 cm³/mol. The van der Waals surface area contributed by atoms with Gasteiger partial charge in [-0.1, -0.05) is 0 Å². The highest BCUT2D eigenvalue weighted by atomic mass is 16.5. The van der Waals surface area contributed by atoms with Crippen molar-refractivity contribution in [1.82, 2.24) is 5.32 Å². The summed E-state index contributed by atoms with van der Waals surface area (Å²) >= 11 is 0. The van der Waals surface area contributed by atoms with Crippen LogP contribution in [0.1, 0.15) is 12.8 Å². The van der Waals surface area contributed by atoms with Crippen LogP contribution in [0.25, 0.3) is 0 Å². The van der Waals surface area contributed by atoms with Crippen molar-refractivity contribution in [3.05, 3.63) is 11.8 Å². The molecule has 1 N–H and O–H groups in total. The Labute approximate surface area is 83.3 Å². The van der Waals surface area contributed by atoms with Gasteiger partial charge in [-0.15, -0.1) is 0 Å². The Morgan fingerprint density at radius 1 is 1.21 bits per heavy atom. The summed E-state index contributed by atoms with van der Waals surface area (Å²) in [6.07, 6.45) is 3.15. The lowest BCUT2D eigenvalue weighted by molar-refractivity contribution is -0.114. The molecule has 1 fully saturated rings. The van der Waals surface area contributed by atoms with Gasteiger partial charge >= 0.3 is 0 Å². The van der Waals surface area contributed by atoms with Crippen LogP contribution in [-0.2, 0) is 14.3 Å². The molecule has 1 aliphatic carbocycles. The van der Waals surface area contributed by atoms with Crippen molar-refractivity contribution < 1.29 is 14.3 Å². The number of rotatable bonds is 2. The summed E-state index contributed by atoms with van der Waals surface area (Å²) in [4.78, 5) is 11.0. The van der Waals surface area contributed by atoms with E-state index in [1.54, 1.807) is 6.08 Å². The Bertz CT molecular complexity index is 242. The van der Waals surface area contributed by atoms with Gasteiger partial charge in [0, 0.05) is 18.2 Å². The third kappa shape index (κ3) is 2.56. The lowest BCUT2D eigenvalue weighted by Crippen LogP contribution is -2.35. The first-order valence-corrected chi connectivity index (χ1v) is 5.00. The predicted octanol–water partition coefficient (Wildman–Crippen LogP) is 0.238. The van der Waals surface area contributed by atoms with Gasteiger partial charge in [0.15, 0.2) is 5.78 Å². The number of ketones is 1. The monoisotopic (exact) mass is 197 g/mol. The summed E-state index contributed by atoms with van der Waals surface area (Å²) < 4.78 is 10.7. The smallest absolute Gasteiger partial charge is 0.157 e. The summed E-state index contributed by atoms with van der Waals surface area (Å²) in [6.45, 7) is 2.64. The molecule has 1 aliphatic heterocycles. The third-order valence-corrected chi connectivity index (χ3v) is 2.38. The van der Waals surface area contributed by atoms with Gasteiger partial charge in [-0.3, -0.25) is 4.79 Å². The molecule has 0 radical (unpaired) electrons. The maximum Gasteiger partial charge on any atom is 0.157 e. The van der Waals surface area contributed by atoms with E-state index < -0.39 is 0 Å². The molecule has 2 rings (SSSR count). The molecule has 4 nitrogen and oxygen atoms in total.